The summed E-state index contributed by atoms with van der Waals surface area (Å²) in [5.41, 5.74) is 2.12. The number of hydrogen-bond acceptors (Lipinski definition) is 5. The van der Waals surface area contributed by atoms with Gasteiger partial charge in [-0.3, -0.25) is 4.68 Å². The fraction of sp³-hybridized carbons (Fsp3) is 0.524. The van der Waals surface area contributed by atoms with Crippen molar-refractivity contribution in [2.24, 2.45) is 5.92 Å². The van der Waals surface area contributed by atoms with E-state index in [-0.39, 0.29) is 12.8 Å². The van der Waals surface area contributed by atoms with Crippen LogP contribution in [0.5, 0.6) is 11.5 Å². The Labute approximate surface area is 183 Å². The van der Waals surface area contributed by atoms with Gasteiger partial charge < -0.3 is 14.2 Å². The van der Waals surface area contributed by atoms with Crippen LogP contribution >= 0.6 is 27.5 Å². The Morgan fingerprint density at radius 2 is 2.00 bits per heavy atom. The molecule has 2 heterocycles. The van der Waals surface area contributed by atoms with E-state index in [9.17, 15) is 4.79 Å². The molecule has 1 saturated carbocycles. The number of aromatic nitrogens is 2. The normalized spacial score (nSPS) is 16.2. The van der Waals surface area contributed by atoms with Crippen LogP contribution in [0.4, 0.5) is 0 Å². The van der Waals surface area contributed by atoms with Crippen LogP contribution in [0.15, 0.2) is 16.7 Å². The maximum Gasteiger partial charge on any atom is 0.356 e. The van der Waals surface area contributed by atoms with Crippen LogP contribution in [0.1, 0.15) is 60.6 Å². The van der Waals surface area contributed by atoms with Crippen LogP contribution in [0.25, 0.3) is 0 Å². The number of nitrogens with zero attached hydrogens (tertiary/aromatic N) is 2. The zero-order valence-corrected chi connectivity index (χ0v) is 18.7. The molecule has 1 aromatic carbocycles. The molecule has 2 aromatic rings. The summed E-state index contributed by atoms with van der Waals surface area (Å²) in [4.78, 5) is 12.8. The van der Waals surface area contributed by atoms with Gasteiger partial charge in [-0.2, -0.15) is 5.10 Å². The summed E-state index contributed by atoms with van der Waals surface area (Å²) in [5, 5.41) is 5.21. The third kappa shape index (κ3) is 4.40. The highest BCUT2D eigenvalue weighted by molar-refractivity contribution is 9.10. The van der Waals surface area contributed by atoms with Gasteiger partial charge >= 0.3 is 5.97 Å². The monoisotopic (exact) mass is 482 g/mol. The molecule has 0 bridgehead atoms. The zero-order valence-electron chi connectivity index (χ0n) is 16.4. The average Bonchev–Trinajstić information content (AvgIpc) is 3.27. The summed E-state index contributed by atoms with van der Waals surface area (Å²) in [7, 11) is 0. The predicted molar refractivity (Wildman–Crippen MR) is 113 cm³/mol. The van der Waals surface area contributed by atoms with E-state index in [4.69, 9.17) is 25.8 Å². The molecule has 29 heavy (non-hydrogen) atoms. The minimum Gasteiger partial charge on any atom is -0.461 e. The van der Waals surface area contributed by atoms with Crippen molar-refractivity contribution in [1.82, 2.24) is 9.78 Å². The van der Waals surface area contributed by atoms with E-state index in [0.717, 1.165) is 17.7 Å². The number of rotatable bonds is 6. The Balaban J connectivity index is 1.67. The molecule has 1 fully saturated rings. The topological polar surface area (TPSA) is 62.6 Å². The van der Waals surface area contributed by atoms with Crippen LogP contribution in [-0.4, -0.2) is 29.1 Å². The number of esters is 1. The SMILES string of the molecule is CCOC(=O)c1c(Cc2cc3c(cc2Cl)OCO3)c(Br)nn1CC1CCCCC1. The highest BCUT2D eigenvalue weighted by atomic mass is 79.9. The third-order valence-electron chi connectivity index (χ3n) is 5.53. The molecule has 0 N–H and O–H groups in total. The van der Waals surface area contributed by atoms with Crippen molar-refractivity contribution in [2.75, 3.05) is 13.4 Å². The molecular weight excluding hydrogens is 460 g/mol. The second-order valence-corrected chi connectivity index (χ2v) is 8.66. The summed E-state index contributed by atoms with van der Waals surface area (Å²) in [5.74, 6) is 1.48. The second kappa shape index (κ2) is 8.96. The van der Waals surface area contributed by atoms with Crippen molar-refractivity contribution in [3.8, 4) is 11.5 Å². The predicted octanol–water partition coefficient (Wildman–Crippen LogP) is 5.38. The largest absolute Gasteiger partial charge is 0.461 e. The molecule has 4 rings (SSSR count). The van der Waals surface area contributed by atoms with E-state index >= 15 is 0 Å². The Bertz CT molecular complexity index is 909. The Morgan fingerprint density at radius 1 is 1.28 bits per heavy atom. The van der Waals surface area contributed by atoms with Crippen LogP contribution < -0.4 is 9.47 Å². The van der Waals surface area contributed by atoms with Gasteiger partial charge in [0.1, 0.15) is 4.60 Å². The Kier molecular flexibility index (Phi) is 6.35. The number of ether oxygens (including phenoxy) is 3. The first-order chi connectivity index (χ1) is 14.1. The summed E-state index contributed by atoms with van der Waals surface area (Å²) in [6.07, 6.45) is 6.54. The summed E-state index contributed by atoms with van der Waals surface area (Å²) in [6, 6.07) is 3.62. The van der Waals surface area contributed by atoms with Crippen LogP contribution in [0.2, 0.25) is 5.02 Å². The summed E-state index contributed by atoms with van der Waals surface area (Å²) >= 11 is 10.0. The van der Waals surface area contributed by atoms with Gasteiger partial charge in [0.25, 0.3) is 0 Å². The number of carbonyl (C=O) groups is 1. The van der Waals surface area contributed by atoms with E-state index < -0.39 is 0 Å². The van der Waals surface area contributed by atoms with Gasteiger partial charge in [-0.1, -0.05) is 30.9 Å². The van der Waals surface area contributed by atoms with E-state index in [2.05, 4.69) is 21.0 Å². The Hall–Kier alpha value is -1.73. The zero-order chi connectivity index (χ0) is 20.4. The number of halogens is 2. The molecule has 156 valence electrons. The molecule has 0 unspecified atom stereocenters. The van der Waals surface area contributed by atoms with E-state index in [1.807, 2.05) is 17.7 Å². The maximum atomic E-state index is 12.8. The molecule has 8 heteroatoms. The molecule has 1 aliphatic heterocycles. The van der Waals surface area contributed by atoms with Gasteiger partial charge in [0.05, 0.1) is 6.61 Å². The van der Waals surface area contributed by atoms with Crippen molar-refractivity contribution in [3.63, 3.8) is 0 Å². The lowest BCUT2D eigenvalue weighted by atomic mass is 9.89. The number of hydrogen-bond donors (Lipinski definition) is 0. The van der Waals surface area contributed by atoms with Crippen LogP contribution in [0, 0.1) is 5.92 Å². The van der Waals surface area contributed by atoms with Crippen LogP contribution in [-0.2, 0) is 17.7 Å². The lowest BCUT2D eigenvalue weighted by molar-refractivity contribution is 0.0508. The molecule has 0 saturated heterocycles. The second-order valence-electron chi connectivity index (χ2n) is 7.50. The maximum absolute atomic E-state index is 12.8. The van der Waals surface area contributed by atoms with Gasteiger partial charge in [-0.05, 0) is 53.2 Å². The lowest BCUT2D eigenvalue weighted by Gasteiger charge is -2.22. The molecule has 0 atom stereocenters. The molecule has 1 aliphatic carbocycles. The van der Waals surface area contributed by atoms with E-state index in [0.29, 0.717) is 45.8 Å². The molecule has 0 spiro atoms. The molecule has 6 nitrogen and oxygen atoms in total. The van der Waals surface area contributed by atoms with E-state index in [1.165, 1.54) is 32.1 Å². The highest BCUT2D eigenvalue weighted by Gasteiger charge is 2.27. The summed E-state index contributed by atoms with van der Waals surface area (Å²) in [6.45, 7) is 3.03. The molecule has 0 amide bonds. The number of benzene rings is 1. The van der Waals surface area contributed by atoms with Gasteiger partial charge in [0.15, 0.2) is 17.2 Å². The molecule has 2 aliphatic rings. The van der Waals surface area contributed by atoms with E-state index in [1.54, 1.807) is 6.07 Å². The number of carbonyl (C=O) groups excluding carboxylic acids is 1. The van der Waals surface area contributed by atoms with Gasteiger partial charge in [0, 0.05) is 29.6 Å². The fourth-order valence-corrected chi connectivity index (χ4v) is 4.83. The third-order valence-corrected chi connectivity index (χ3v) is 6.52. The average molecular weight is 484 g/mol. The highest BCUT2D eigenvalue weighted by Crippen LogP contribution is 2.38. The fourth-order valence-electron chi connectivity index (χ4n) is 4.09. The number of fused-ring (bicyclic) bond motifs is 1. The smallest absolute Gasteiger partial charge is 0.356 e. The van der Waals surface area contributed by atoms with Gasteiger partial charge in [-0.25, -0.2) is 4.79 Å². The molecule has 0 radical (unpaired) electrons. The quantitative estimate of drug-likeness (QED) is 0.517. The lowest BCUT2D eigenvalue weighted by Crippen LogP contribution is -2.20. The Morgan fingerprint density at radius 3 is 2.72 bits per heavy atom. The van der Waals surface area contributed by atoms with Gasteiger partial charge in [-0.15, -0.1) is 0 Å². The van der Waals surface area contributed by atoms with Crippen LogP contribution in [0.3, 0.4) is 0 Å². The minimum atomic E-state index is -0.353. The van der Waals surface area contributed by atoms with Gasteiger partial charge in [0.2, 0.25) is 6.79 Å². The van der Waals surface area contributed by atoms with Crippen molar-refractivity contribution >= 4 is 33.5 Å². The minimum absolute atomic E-state index is 0.187. The first kappa shape index (κ1) is 20.5. The molecule has 1 aromatic heterocycles. The first-order valence-corrected chi connectivity index (χ1v) is 11.2. The van der Waals surface area contributed by atoms with Crippen molar-refractivity contribution in [2.45, 2.75) is 52.0 Å². The molecular formula is C21H24BrClN2O4. The first-order valence-electron chi connectivity index (χ1n) is 10.1. The van der Waals surface area contributed by atoms with Crippen molar-refractivity contribution in [3.05, 3.63) is 38.6 Å². The summed E-state index contributed by atoms with van der Waals surface area (Å²) < 4.78 is 18.7. The van der Waals surface area contributed by atoms with Crippen molar-refractivity contribution < 1.29 is 19.0 Å². The standard InChI is InChI=1S/C21H24BrClN2O4/c1-2-27-21(26)19-15(8-14-9-17-18(10-16(14)23)29-12-28-17)20(22)24-25(19)11-13-6-4-3-5-7-13/h9-10,13H,2-8,11-12H2,1H3. The van der Waals surface area contributed by atoms with Crippen molar-refractivity contribution in [1.29, 1.82) is 0 Å².